The molecule has 1 amide bonds. The number of nitrogens with zero attached hydrogens (tertiary/aromatic N) is 3. The van der Waals surface area contributed by atoms with Gasteiger partial charge in [0, 0.05) is 30.2 Å². The van der Waals surface area contributed by atoms with E-state index >= 15 is 0 Å². The summed E-state index contributed by atoms with van der Waals surface area (Å²) < 4.78 is 2.10. The highest BCUT2D eigenvalue weighted by molar-refractivity contribution is 7.98. The Morgan fingerprint density at radius 3 is 2.55 bits per heavy atom. The summed E-state index contributed by atoms with van der Waals surface area (Å²) >= 11 is 7.96. The summed E-state index contributed by atoms with van der Waals surface area (Å²) in [6.07, 6.45) is 2.97. The van der Waals surface area contributed by atoms with E-state index in [-0.39, 0.29) is 5.91 Å². The maximum absolute atomic E-state index is 12.0. The predicted molar refractivity (Wildman–Crippen MR) is 137 cm³/mol. The van der Waals surface area contributed by atoms with Crippen molar-refractivity contribution in [3.8, 4) is 5.69 Å². The fourth-order valence-corrected chi connectivity index (χ4v) is 4.79. The highest BCUT2D eigenvalue weighted by atomic mass is 35.5. The van der Waals surface area contributed by atoms with Gasteiger partial charge in [-0.3, -0.25) is 9.36 Å². The summed E-state index contributed by atoms with van der Waals surface area (Å²) in [4.78, 5) is 12.0. The molecule has 0 aliphatic heterocycles. The molecule has 176 valence electrons. The third-order valence-electron chi connectivity index (χ3n) is 5.18. The van der Waals surface area contributed by atoms with E-state index < -0.39 is 0 Å². The molecule has 0 unspecified atom stereocenters. The maximum Gasteiger partial charge on any atom is 0.220 e. The molecule has 0 atom stereocenters. The van der Waals surface area contributed by atoms with Gasteiger partial charge in [-0.15, -0.1) is 10.2 Å². The number of halogens is 1. The minimum atomic E-state index is 0.115. The Labute approximate surface area is 206 Å². The molecule has 0 saturated carbocycles. The van der Waals surface area contributed by atoms with Crippen LogP contribution >= 0.6 is 23.4 Å². The van der Waals surface area contributed by atoms with Gasteiger partial charge in [0.05, 0.1) is 5.69 Å². The van der Waals surface area contributed by atoms with E-state index in [9.17, 15) is 4.79 Å². The lowest BCUT2D eigenvalue weighted by molar-refractivity contribution is -0.121. The molecule has 1 heterocycles. The molecule has 0 bridgehead atoms. The number of carbonyl (C=O) groups is 1. The van der Waals surface area contributed by atoms with Gasteiger partial charge in [-0.25, -0.2) is 0 Å². The van der Waals surface area contributed by atoms with Crippen LogP contribution in [0.5, 0.6) is 0 Å². The van der Waals surface area contributed by atoms with Crippen LogP contribution in [0, 0.1) is 19.8 Å². The molecule has 1 aromatic heterocycles. The molecule has 5 nitrogen and oxygen atoms in total. The first kappa shape index (κ1) is 25.3. The Hall–Kier alpha value is -2.31. The molecule has 0 fully saturated rings. The van der Waals surface area contributed by atoms with Crippen LogP contribution in [0.15, 0.2) is 47.6 Å². The lowest BCUT2D eigenvalue weighted by Gasteiger charge is -2.11. The van der Waals surface area contributed by atoms with E-state index in [1.807, 2.05) is 24.3 Å². The SMILES string of the molecule is Cc1cc(C)cc(CSc2nnc(CCCCC(=O)NCC(C)C)n2-c2cccc(Cl)c2)c1. The van der Waals surface area contributed by atoms with Crippen molar-refractivity contribution in [2.45, 2.75) is 64.3 Å². The quantitative estimate of drug-likeness (QED) is 0.255. The second-order valence-electron chi connectivity index (χ2n) is 8.90. The first-order chi connectivity index (χ1) is 15.8. The number of thioether (sulfide) groups is 1. The molecule has 0 radical (unpaired) electrons. The van der Waals surface area contributed by atoms with Crippen molar-refractivity contribution in [2.24, 2.45) is 5.92 Å². The second kappa shape index (κ2) is 12.2. The molecule has 1 N–H and O–H groups in total. The lowest BCUT2D eigenvalue weighted by Crippen LogP contribution is -2.26. The molecule has 2 aromatic carbocycles. The number of hydrogen-bond donors (Lipinski definition) is 1. The number of nitrogens with one attached hydrogen (secondary N) is 1. The molecule has 7 heteroatoms. The number of rotatable bonds is 11. The zero-order valence-corrected chi connectivity index (χ0v) is 21.5. The Morgan fingerprint density at radius 2 is 1.85 bits per heavy atom. The summed E-state index contributed by atoms with van der Waals surface area (Å²) in [6, 6.07) is 14.4. The molecule has 33 heavy (non-hydrogen) atoms. The van der Waals surface area contributed by atoms with Crippen molar-refractivity contribution in [1.29, 1.82) is 0 Å². The number of benzene rings is 2. The van der Waals surface area contributed by atoms with Crippen molar-refractivity contribution in [3.05, 3.63) is 70.0 Å². The van der Waals surface area contributed by atoms with Gasteiger partial charge < -0.3 is 5.32 Å². The Kier molecular flexibility index (Phi) is 9.39. The van der Waals surface area contributed by atoms with Crippen LogP contribution < -0.4 is 5.32 Å². The molecular formula is C26H33ClN4OS. The standard InChI is InChI=1S/C26H33ClN4OS/c1-18(2)16-28-25(32)11-6-5-10-24-29-30-26(31(24)23-9-7-8-22(27)15-23)33-17-21-13-19(3)12-20(4)14-21/h7-9,12-15,18H,5-6,10-11,16-17H2,1-4H3,(H,28,32). The Balaban J connectivity index is 1.70. The summed E-state index contributed by atoms with van der Waals surface area (Å²) in [5.74, 6) is 2.29. The predicted octanol–water partition coefficient (Wildman–Crippen LogP) is 6.31. The van der Waals surface area contributed by atoms with Crippen molar-refractivity contribution >= 4 is 29.3 Å². The smallest absolute Gasteiger partial charge is 0.220 e. The molecule has 0 spiro atoms. The van der Waals surface area contributed by atoms with Gasteiger partial charge in [-0.05, 0) is 56.4 Å². The monoisotopic (exact) mass is 484 g/mol. The van der Waals surface area contributed by atoms with Crippen molar-refractivity contribution in [1.82, 2.24) is 20.1 Å². The number of amides is 1. The second-order valence-corrected chi connectivity index (χ2v) is 10.3. The van der Waals surface area contributed by atoms with Crippen LogP contribution in [0.2, 0.25) is 5.02 Å². The zero-order chi connectivity index (χ0) is 23.8. The van der Waals surface area contributed by atoms with Gasteiger partial charge >= 0.3 is 0 Å². The number of aryl methyl sites for hydroxylation is 3. The van der Waals surface area contributed by atoms with E-state index in [0.29, 0.717) is 17.4 Å². The van der Waals surface area contributed by atoms with Gasteiger partial charge in [-0.1, -0.05) is 72.6 Å². The first-order valence-electron chi connectivity index (χ1n) is 11.5. The summed E-state index contributed by atoms with van der Waals surface area (Å²) in [7, 11) is 0. The normalized spacial score (nSPS) is 11.2. The van der Waals surface area contributed by atoms with E-state index in [0.717, 1.165) is 48.2 Å². The molecular weight excluding hydrogens is 452 g/mol. The molecule has 3 rings (SSSR count). The topological polar surface area (TPSA) is 59.8 Å². The third-order valence-corrected chi connectivity index (χ3v) is 6.41. The average Bonchev–Trinajstić information content (AvgIpc) is 3.16. The Bertz CT molecular complexity index is 1060. The van der Waals surface area contributed by atoms with Gasteiger partial charge in [0.15, 0.2) is 5.16 Å². The van der Waals surface area contributed by atoms with Gasteiger partial charge in [0.2, 0.25) is 5.91 Å². The number of carbonyl (C=O) groups excluding carboxylic acids is 1. The van der Waals surface area contributed by atoms with E-state index in [1.165, 1.54) is 16.7 Å². The molecule has 3 aromatic rings. The number of unbranched alkanes of at least 4 members (excludes halogenated alkanes) is 1. The maximum atomic E-state index is 12.0. The van der Waals surface area contributed by atoms with Crippen LogP contribution in [0.25, 0.3) is 5.69 Å². The minimum Gasteiger partial charge on any atom is -0.356 e. The van der Waals surface area contributed by atoms with Crippen LogP contribution in [-0.4, -0.2) is 27.2 Å². The first-order valence-corrected chi connectivity index (χ1v) is 12.8. The highest BCUT2D eigenvalue weighted by Crippen LogP contribution is 2.28. The summed E-state index contributed by atoms with van der Waals surface area (Å²) in [5, 5.41) is 13.5. The van der Waals surface area contributed by atoms with Crippen LogP contribution in [-0.2, 0) is 17.0 Å². The van der Waals surface area contributed by atoms with E-state index in [4.69, 9.17) is 11.6 Å². The van der Waals surface area contributed by atoms with Crippen LogP contribution in [0.4, 0.5) is 0 Å². The van der Waals surface area contributed by atoms with E-state index in [1.54, 1.807) is 11.8 Å². The number of aromatic nitrogens is 3. The van der Waals surface area contributed by atoms with Crippen molar-refractivity contribution < 1.29 is 4.79 Å². The Morgan fingerprint density at radius 1 is 1.09 bits per heavy atom. The highest BCUT2D eigenvalue weighted by Gasteiger charge is 2.15. The minimum absolute atomic E-state index is 0.115. The van der Waals surface area contributed by atoms with Gasteiger partial charge in [0.25, 0.3) is 0 Å². The largest absolute Gasteiger partial charge is 0.356 e. The lowest BCUT2D eigenvalue weighted by atomic mass is 10.1. The van der Waals surface area contributed by atoms with E-state index in [2.05, 4.69) is 66.0 Å². The van der Waals surface area contributed by atoms with Gasteiger partial charge in [-0.2, -0.15) is 0 Å². The third kappa shape index (κ3) is 7.90. The van der Waals surface area contributed by atoms with Crippen molar-refractivity contribution in [3.63, 3.8) is 0 Å². The fourth-order valence-electron chi connectivity index (χ4n) is 3.71. The average molecular weight is 485 g/mol. The summed E-state index contributed by atoms with van der Waals surface area (Å²) in [5.41, 5.74) is 4.76. The molecule has 0 saturated heterocycles. The fraction of sp³-hybridized carbons (Fsp3) is 0.423. The summed E-state index contributed by atoms with van der Waals surface area (Å²) in [6.45, 7) is 9.16. The van der Waals surface area contributed by atoms with Gasteiger partial charge in [0.1, 0.15) is 5.82 Å². The molecule has 0 aliphatic rings. The van der Waals surface area contributed by atoms with Crippen molar-refractivity contribution in [2.75, 3.05) is 6.54 Å². The number of hydrogen-bond acceptors (Lipinski definition) is 4. The zero-order valence-electron chi connectivity index (χ0n) is 19.9. The molecule has 0 aliphatic carbocycles. The van der Waals surface area contributed by atoms with Crippen LogP contribution in [0.1, 0.15) is 55.6 Å². The van der Waals surface area contributed by atoms with Crippen LogP contribution in [0.3, 0.4) is 0 Å².